The van der Waals surface area contributed by atoms with Gasteiger partial charge in [-0.25, -0.2) is 9.59 Å². The van der Waals surface area contributed by atoms with E-state index in [1.807, 2.05) is 12.1 Å². The van der Waals surface area contributed by atoms with Crippen LogP contribution >= 0.6 is 11.3 Å². The van der Waals surface area contributed by atoms with Crippen molar-refractivity contribution < 1.29 is 29.0 Å². The van der Waals surface area contributed by atoms with Gasteiger partial charge in [0, 0.05) is 0 Å². The maximum Gasteiger partial charge on any atom is 0.348 e. The van der Waals surface area contributed by atoms with Crippen molar-refractivity contribution in [3.63, 3.8) is 0 Å². The lowest BCUT2D eigenvalue weighted by atomic mass is 10.0. The van der Waals surface area contributed by atoms with Crippen molar-refractivity contribution in [3.8, 4) is 5.75 Å². The Balaban J connectivity index is 2.08. The summed E-state index contributed by atoms with van der Waals surface area (Å²) in [5.41, 5.74) is 0.520. The summed E-state index contributed by atoms with van der Waals surface area (Å²) in [4.78, 5) is 37.7. The lowest BCUT2D eigenvalue weighted by Crippen LogP contribution is -2.15. The molecule has 7 nitrogen and oxygen atoms in total. The van der Waals surface area contributed by atoms with E-state index in [0.717, 1.165) is 16.7 Å². The summed E-state index contributed by atoms with van der Waals surface area (Å²) in [6, 6.07) is 10.3. The number of hydrogen-bond donors (Lipinski definition) is 2. The highest BCUT2D eigenvalue weighted by atomic mass is 32.1. The number of nitrogens with one attached hydrogen (secondary N) is 1. The topological polar surface area (TPSA) is 102 Å². The minimum absolute atomic E-state index is 0.0728. The highest BCUT2D eigenvalue weighted by Crippen LogP contribution is 2.36. The molecule has 0 bridgehead atoms. The Morgan fingerprint density at radius 2 is 1.79 bits per heavy atom. The number of benzene rings is 2. The van der Waals surface area contributed by atoms with Crippen molar-refractivity contribution in [1.29, 1.82) is 0 Å². The first kappa shape index (κ1) is 20.3. The van der Waals surface area contributed by atoms with Gasteiger partial charge in [-0.05, 0) is 36.2 Å². The van der Waals surface area contributed by atoms with Gasteiger partial charge in [0.15, 0.2) is 0 Å². The number of methoxy groups -OCH3 is 1. The van der Waals surface area contributed by atoms with Crippen LogP contribution in [0.15, 0.2) is 36.4 Å². The van der Waals surface area contributed by atoms with E-state index in [-0.39, 0.29) is 33.4 Å². The molecule has 0 aliphatic rings. The predicted molar refractivity (Wildman–Crippen MR) is 110 cm³/mol. The van der Waals surface area contributed by atoms with E-state index in [1.54, 1.807) is 32.0 Å². The largest absolute Gasteiger partial charge is 0.507 e. The maximum atomic E-state index is 13.0. The number of phenols is 1. The molecule has 2 N–H and O–H groups in total. The summed E-state index contributed by atoms with van der Waals surface area (Å²) in [5, 5.41) is 14.4. The summed E-state index contributed by atoms with van der Waals surface area (Å²) in [6.45, 7) is 3.38. The van der Waals surface area contributed by atoms with Crippen LogP contribution in [0.2, 0.25) is 0 Å². The molecular formula is C21H19NO6S. The second-order valence-corrected chi connectivity index (χ2v) is 7.13. The smallest absolute Gasteiger partial charge is 0.348 e. The Bertz CT molecular complexity index is 1120. The lowest BCUT2D eigenvalue weighted by Gasteiger charge is -2.10. The first-order valence-electron chi connectivity index (χ1n) is 8.79. The molecule has 0 atom stereocenters. The van der Waals surface area contributed by atoms with E-state index in [4.69, 9.17) is 9.47 Å². The predicted octanol–water partition coefficient (Wildman–Crippen LogP) is 4.13. The molecule has 150 valence electrons. The summed E-state index contributed by atoms with van der Waals surface area (Å²) in [5.74, 6) is -2.08. The average Bonchev–Trinajstić information content (AvgIpc) is 3.03. The van der Waals surface area contributed by atoms with Gasteiger partial charge >= 0.3 is 11.9 Å². The van der Waals surface area contributed by atoms with Gasteiger partial charge in [-0.2, -0.15) is 0 Å². The maximum absolute atomic E-state index is 13.0. The second-order valence-electron chi connectivity index (χ2n) is 6.11. The molecule has 29 heavy (non-hydrogen) atoms. The third-order valence-electron chi connectivity index (χ3n) is 4.36. The van der Waals surface area contributed by atoms with Gasteiger partial charge < -0.3 is 19.9 Å². The molecule has 0 fully saturated rings. The highest BCUT2D eigenvalue weighted by molar-refractivity contribution is 7.18. The first-order chi connectivity index (χ1) is 13.9. The standard InChI is InChI=1S/C21H19NO6S/c1-4-28-20(25)15-11(2)17(21(26)27-3)29-19(15)22-18(24)16-13-8-6-5-7-12(13)9-10-14(16)23/h5-10,23H,4H2,1-3H3,(H,22,24). The molecule has 0 saturated heterocycles. The second kappa shape index (κ2) is 8.32. The number of hydrogen-bond acceptors (Lipinski definition) is 7. The lowest BCUT2D eigenvalue weighted by molar-refractivity contribution is 0.0527. The number of carbonyl (C=O) groups excluding carboxylic acids is 3. The van der Waals surface area contributed by atoms with Gasteiger partial charge in [-0.3, -0.25) is 4.79 Å². The van der Waals surface area contributed by atoms with Gasteiger partial charge in [0.05, 0.1) is 24.8 Å². The number of amides is 1. The number of rotatable bonds is 5. The number of aromatic hydroxyl groups is 1. The summed E-state index contributed by atoms with van der Waals surface area (Å²) < 4.78 is 9.83. The molecular weight excluding hydrogens is 394 g/mol. The molecule has 0 radical (unpaired) electrons. The molecule has 3 aromatic rings. The van der Waals surface area contributed by atoms with E-state index >= 15 is 0 Å². The molecule has 1 aromatic heterocycles. The third kappa shape index (κ3) is 3.79. The van der Waals surface area contributed by atoms with Crippen LogP contribution in [0, 0.1) is 6.92 Å². The molecule has 1 heterocycles. The van der Waals surface area contributed by atoms with Crippen LogP contribution in [0.3, 0.4) is 0 Å². The number of esters is 2. The zero-order valence-corrected chi connectivity index (χ0v) is 16.9. The van der Waals surface area contributed by atoms with Gasteiger partial charge in [0.25, 0.3) is 5.91 Å². The van der Waals surface area contributed by atoms with Crippen LogP contribution in [-0.2, 0) is 9.47 Å². The number of ether oxygens (including phenoxy) is 2. The molecule has 0 unspecified atom stereocenters. The highest BCUT2D eigenvalue weighted by Gasteiger charge is 2.28. The Labute approximate surface area is 170 Å². The van der Waals surface area contributed by atoms with Crippen LogP contribution in [0.5, 0.6) is 5.75 Å². The molecule has 8 heteroatoms. The number of phenolic OH excluding ortho intramolecular Hbond substituents is 1. The summed E-state index contributed by atoms with van der Waals surface area (Å²) in [7, 11) is 1.23. The monoisotopic (exact) mass is 413 g/mol. The van der Waals surface area contributed by atoms with Gasteiger partial charge in [-0.1, -0.05) is 30.3 Å². The fourth-order valence-electron chi connectivity index (χ4n) is 3.00. The molecule has 0 saturated carbocycles. The van der Waals surface area contributed by atoms with Gasteiger partial charge in [0.1, 0.15) is 15.6 Å². The minimum atomic E-state index is -0.658. The molecule has 0 aliphatic heterocycles. The van der Waals surface area contributed by atoms with E-state index in [1.165, 1.54) is 13.2 Å². The van der Waals surface area contributed by atoms with E-state index in [2.05, 4.69) is 5.32 Å². The average molecular weight is 413 g/mol. The molecule has 1 amide bonds. The van der Waals surface area contributed by atoms with Crippen LogP contribution in [0.1, 0.15) is 42.9 Å². The Morgan fingerprint density at radius 3 is 2.48 bits per heavy atom. The summed E-state index contributed by atoms with van der Waals surface area (Å²) in [6.07, 6.45) is 0. The van der Waals surface area contributed by atoms with Crippen LogP contribution in [0.4, 0.5) is 5.00 Å². The fraction of sp³-hybridized carbons (Fsp3) is 0.190. The Morgan fingerprint density at radius 1 is 1.07 bits per heavy atom. The van der Waals surface area contributed by atoms with Gasteiger partial charge in [0.2, 0.25) is 0 Å². The first-order valence-corrected chi connectivity index (χ1v) is 9.61. The van der Waals surface area contributed by atoms with E-state index in [9.17, 15) is 19.5 Å². The van der Waals surface area contributed by atoms with Crippen molar-refractivity contribution in [1.82, 2.24) is 0 Å². The molecule has 3 rings (SSSR count). The van der Waals surface area contributed by atoms with Crippen LogP contribution in [-0.4, -0.2) is 36.7 Å². The molecule has 0 spiro atoms. The van der Waals surface area contributed by atoms with Crippen molar-refractivity contribution in [3.05, 3.63) is 58.0 Å². The number of fused-ring (bicyclic) bond motifs is 1. The summed E-state index contributed by atoms with van der Waals surface area (Å²) >= 11 is 0.918. The fourth-order valence-corrected chi connectivity index (χ4v) is 4.11. The number of thiophene rings is 1. The van der Waals surface area contributed by atoms with Crippen LogP contribution < -0.4 is 5.32 Å². The molecule has 2 aromatic carbocycles. The Kier molecular flexibility index (Phi) is 5.84. The van der Waals surface area contributed by atoms with Crippen LogP contribution in [0.25, 0.3) is 10.8 Å². The van der Waals surface area contributed by atoms with E-state index < -0.39 is 17.8 Å². The normalized spacial score (nSPS) is 10.6. The third-order valence-corrected chi connectivity index (χ3v) is 5.55. The Hall–Kier alpha value is -3.39. The number of anilines is 1. The van der Waals surface area contributed by atoms with Crippen molar-refractivity contribution in [2.24, 2.45) is 0 Å². The zero-order chi connectivity index (χ0) is 21.1. The minimum Gasteiger partial charge on any atom is -0.507 e. The van der Waals surface area contributed by atoms with Crippen molar-refractivity contribution in [2.75, 3.05) is 19.0 Å². The number of carbonyl (C=O) groups is 3. The SMILES string of the molecule is CCOC(=O)c1c(NC(=O)c2c(O)ccc3ccccc23)sc(C(=O)OC)c1C. The molecule has 0 aliphatic carbocycles. The zero-order valence-electron chi connectivity index (χ0n) is 16.1. The van der Waals surface area contributed by atoms with Gasteiger partial charge in [-0.15, -0.1) is 11.3 Å². The van der Waals surface area contributed by atoms with Crippen molar-refractivity contribution in [2.45, 2.75) is 13.8 Å². The van der Waals surface area contributed by atoms with Crippen molar-refractivity contribution >= 4 is 45.0 Å². The quantitative estimate of drug-likeness (QED) is 0.610. The van der Waals surface area contributed by atoms with E-state index in [0.29, 0.717) is 10.9 Å².